The summed E-state index contributed by atoms with van der Waals surface area (Å²) in [6.07, 6.45) is 4.00. The first-order chi connectivity index (χ1) is 15.2. The molecule has 1 aromatic heterocycles. The van der Waals surface area contributed by atoms with Gasteiger partial charge in [0.25, 0.3) is 11.8 Å². The van der Waals surface area contributed by atoms with Gasteiger partial charge in [0.15, 0.2) is 16.4 Å². The second-order valence-corrected chi connectivity index (χ2v) is 12.1. The van der Waals surface area contributed by atoms with Crippen LogP contribution in [0.2, 0.25) is 10.0 Å². The Morgan fingerprint density at radius 1 is 1.19 bits per heavy atom. The van der Waals surface area contributed by atoms with E-state index >= 15 is 0 Å². The van der Waals surface area contributed by atoms with Gasteiger partial charge in [0.05, 0.1) is 22.1 Å². The van der Waals surface area contributed by atoms with Crippen molar-refractivity contribution in [1.29, 1.82) is 0 Å². The lowest BCUT2D eigenvalue weighted by Gasteiger charge is -2.15. The first-order valence-electron chi connectivity index (χ1n) is 10.3. The topological polar surface area (TPSA) is 102 Å². The number of aryl methyl sites for hydroxylation is 1. The monoisotopic (exact) mass is 516 g/mol. The van der Waals surface area contributed by atoms with Crippen molar-refractivity contribution in [1.82, 2.24) is 5.32 Å². The fourth-order valence-electron chi connectivity index (χ4n) is 3.96. The van der Waals surface area contributed by atoms with Gasteiger partial charge in [0.1, 0.15) is 10.8 Å². The summed E-state index contributed by atoms with van der Waals surface area (Å²) in [7, 11) is -3.11. The average Bonchev–Trinajstić information content (AvgIpc) is 3.25. The summed E-state index contributed by atoms with van der Waals surface area (Å²) in [5, 5.41) is 6.86. The molecule has 0 spiro atoms. The number of benzene rings is 1. The maximum absolute atomic E-state index is 13.1. The summed E-state index contributed by atoms with van der Waals surface area (Å²) in [5.74, 6) is -0.413. The number of carbonyl (C=O) groups excluding carboxylic acids is 2. The van der Waals surface area contributed by atoms with Crippen LogP contribution in [0.1, 0.15) is 40.1 Å². The average molecular weight is 517 g/mol. The third-order valence-corrected chi connectivity index (χ3v) is 8.98. The molecule has 2 aliphatic rings. The van der Waals surface area contributed by atoms with E-state index in [1.54, 1.807) is 12.1 Å². The van der Waals surface area contributed by atoms with Crippen molar-refractivity contribution in [3.8, 4) is 5.75 Å². The Kier molecular flexibility index (Phi) is 7.00. The maximum Gasteiger partial charge on any atom is 0.262 e. The van der Waals surface area contributed by atoms with Crippen molar-refractivity contribution in [3.63, 3.8) is 0 Å². The molecule has 0 unspecified atom stereocenters. The lowest BCUT2D eigenvalue weighted by molar-refractivity contribution is -0.118. The normalized spacial score (nSPS) is 19.2. The van der Waals surface area contributed by atoms with Gasteiger partial charge < -0.3 is 15.4 Å². The van der Waals surface area contributed by atoms with E-state index < -0.39 is 21.8 Å². The minimum absolute atomic E-state index is 0.0531. The second-order valence-electron chi connectivity index (χ2n) is 7.90. The standard InChI is InChI=1S/C21H22Cl2N2O5S2/c22-12-5-6-16(15(23)9-12)30-10-18(26)25-21-19(14-3-1-2-4-17(14)31-21)20(27)24-13-7-8-32(28,29)11-13/h5-6,9,13H,1-4,7-8,10-11H2,(H,24,27)(H,25,26)/t13-/m0/s1. The molecule has 1 aromatic carbocycles. The minimum Gasteiger partial charge on any atom is -0.482 e. The van der Waals surface area contributed by atoms with Crippen LogP contribution in [0.15, 0.2) is 18.2 Å². The van der Waals surface area contributed by atoms with Gasteiger partial charge >= 0.3 is 0 Å². The molecule has 32 heavy (non-hydrogen) atoms. The van der Waals surface area contributed by atoms with E-state index in [4.69, 9.17) is 27.9 Å². The molecule has 0 saturated carbocycles. The van der Waals surface area contributed by atoms with Crippen LogP contribution in [0.5, 0.6) is 5.75 Å². The van der Waals surface area contributed by atoms with Crippen molar-refractivity contribution >= 4 is 61.2 Å². The lowest BCUT2D eigenvalue weighted by Crippen LogP contribution is -2.36. The molecule has 1 saturated heterocycles. The van der Waals surface area contributed by atoms with E-state index in [2.05, 4.69) is 10.6 Å². The van der Waals surface area contributed by atoms with E-state index in [9.17, 15) is 18.0 Å². The SMILES string of the molecule is O=C(COc1ccc(Cl)cc1Cl)Nc1sc2c(c1C(=O)N[C@H]1CCS(=O)(=O)C1)CCCC2. The highest BCUT2D eigenvalue weighted by Crippen LogP contribution is 2.38. The number of sulfone groups is 1. The number of hydrogen-bond donors (Lipinski definition) is 2. The van der Waals surface area contributed by atoms with Gasteiger partial charge in [-0.05, 0) is 55.9 Å². The van der Waals surface area contributed by atoms with Gasteiger partial charge in [0.2, 0.25) is 0 Å². The Labute approximate surface area is 200 Å². The van der Waals surface area contributed by atoms with Gasteiger partial charge in [-0.2, -0.15) is 0 Å². The first-order valence-corrected chi connectivity index (χ1v) is 13.6. The van der Waals surface area contributed by atoms with Crippen LogP contribution in [0.4, 0.5) is 5.00 Å². The Hall–Kier alpha value is -1.81. The summed E-state index contributed by atoms with van der Waals surface area (Å²) in [6.45, 7) is -0.286. The van der Waals surface area contributed by atoms with Crippen molar-refractivity contribution in [3.05, 3.63) is 44.2 Å². The van der Waals surface area contributed by atoms with Crippen LogP contribution < -0.4 is 15.4 Å². The highest BCUT2D eigenvalue weighted by molar-refractivity contribution is 7.91. The molecule has 1 aliphatic heterocycles. The number of hydrogen-bond acceptors (Lipinski definition) is 6. The molecule has 172 valence electrons. The number of anilines is 1. The Morgan fingerprint density at radius 2 is 1.97 bits per heavy atom. The lowest BCUT2D eigenvalue weighted by atomic mass is 9.95. The van der Waals surface area contributed by atoms with E-state index in [-0.39, 0.29) is 24.0 Å². The van der Waals surface area contributed by atoms with E-state index in [1.165, 1.54) is 17.4 Å². The van der Waals surface area contributed by atoms with Gasteiger partial charge in [-0.25, -0.2) is 8.42 Å². The van der Waals surface area contributed by atoms with Gasteiger partial charge in [0, 0.05) is 15.9 Å². The zero-order valence-corrected chi connectivity index (χ0v) is 20.2. The van der Waals surface area contributed by atoms with Crippen LogP contribution in [0.25, 0.3) is 0 Å². The molecule has 1 atom stereocenters. The van der Waals surface area contributed by atoms with Crippen LogP contribution in [-0.2, 0) is 27.5 Å². The molecular weight excluding hydrogens is 495 g/mol. The summed E-state index contributed by atoms with van der Waals surface area (Å²) in [4.78, 5) is 26.7. The Bertz CT molecular complexity index is 1160. The summed E-state index contributed by atoms with van der Waals surface area (Å²) in [6, 6.07) is 4.30. The van der Waals surface area contributed by atoms with Gasteiger partial charge in [-0.1, -0.05) is 23.2 Å². The fourth-order valence-corrected chi connectivity index (χ4v) is 7.40. The maximum atomic E-state index is 13.1. The number of nitrogens with one attached hydrogen (secondary N) is 2. The number of fused-ring (bicyclic) bond motifs is 1. The third kappa shape index (κ3) is 5.39. The number of amides is 2. The molecule has 4 rings (SSSR count). The predicted octanol–water partition coefficient (Wildman–Crippen LogP) is 3.87. The van der Waals surface area contributed by atoms with Crippen LogP contribution in [0.3, 0.4) is 0 Å². The summed E-state index contributed by atoms with van der Waals surface area (Å²) in [5.41, 5.74) is 1.38. The molecule has 7 nitrogen and oxygen atoms in total. The molecule has 2 heterocycles. The molecule has 0 radical (unpaired) electrons. The molecule has 1 fully saturated rings. The number of carbonyl (C=O) groups is 2. The Morgan fingerprint density at radius 3 is 2.69 bits per heavy atom. The number of rotatable bonds is 6. The molecule has 2 N–H and O–H groups in total. The molecular formula is C21H22Cl2N2O5S2. The third-order valence-electron chi connectivity index (χ3n) is 5.47. The zero-order chi connectivity index (χ0) is 22.9. The van der Waals surface area contributed by atoms with E-state index in [0.717, 1.165) is 36.1 Å². The van der Waals surface area contributed by atoms with Crippen molar-refractivity contribution in [2.24, 2.45) is 0 Å². The number of thiophene rings is 1. The molecule has 11 heteroatoms. The first kappa shape index (κ1) is 23.4. The largest absolute Gasteiger partial charge is 0.482 e. The second kappa shape index (κ2) is 9.59. The zero-order valence-electron chi connectivity index (χ0n) is 17.1. The van der Waals surface area contributed by atoms with Crippen molar-refractivity contribution in [2.45, 2.75) is 38.1 Å². The molecule has 2 aromatic rings. The van der Waals surface area contributed by atoms with Gasteiger partial charge in [-0.15, -0.1) is 11.3 Å². The smallest absolute Gasteiger partial charge is 0.262 e. The Balaban J connectivity index is 1.48. The number of halogens is 2. The highest BCUT2D eigenvalue weighted by Gasteiger charge is 2.32. The molecule has 2 amide bonds. The summed E-state index contributed by atoms with van der Waals surface area (Å²) >= 11 is 13.3. The van der Waals surface area contributed by atoms with Crippen molar-refractivity contribution in [2.75, 3.05) is 23.4 Å². The van der Waals surface area contributed by atoms with Crippen molar-refractivity contribution < 1.29 is 22.7 Å². The number of ether oxygens (including phenoxy) is 1. The van der Waals surface area contributed by atoms with Crippen LogP contribution >= 0.6 is 34.5 Å². The summed E-state index contributed by atoms with van der Waals surface area (Å²) < 4.78 is 29.0. The van der Waals surface area contributed by atoms with Crippen LogP contribution in [-0.4, -0.2) is 44.4 Å². The van der Waals surface area contributed by atoms with Crippen LogP contribution in [0, 0.1) is 0 Å². The fraction of sp³-hybridized carbons (Fsp3) is 0.429. The van der Waals surface area contributed by atoms with Gasteiger partial charge in [-0.3, -0.25) is 9.59 Å². The molecule has 1 aliphatic carbocycles. The van der Waals surface area contributed by atoms with E-state index in [0.29, 0.717) is 32.8 Å². The quantitative estimate of drug-likeness (QED) is 0.606. The predicted molar refractivity (Wildman–Crippen MR) is 126 cm³/mol. The molecule has 0 bridgehead atoms. The highest BCUT2D eigenvalue weighted by atomic mass is 35.5. The van der Waals surface area contributed by atoms with E-state index in [1.807, 2.05) is 0 Å². The minimum atomic E-state index is -3.11.